The van der Waals surface area contributed by atoms with E-state index in [4.69, 9.17) is 0 Å². The molecule has 0 radical (unpaired) electrons. The number of nitrogens with one attached hydrogen (secondary N) is 1. The van der Waals surface area contributed by atoms with Crippen LogP contribution in [0.5, 0.6) is 0 Å². The lowest BCUT2D eigenvalue weighted by Crippen LogP contribution is -2.15. The Morgan fingerprint density at radius 3 is 3.06 bits per heavy atom. The smallest absolute Gasteiger partial charge is 0.206 e. The van der Waals surface area contributed by atoms with Gasteiger partial charge in [0, 0.05) is 10.6 Å². The summed E-state index contributed by atoms with van der Waals surface area (Å²) in [4.78, 5) is 1.39. The van der Waals surface area contributed by atoms with Crippen LogP contribution in [-0.4, -0.2) is 16.0 Å². The molecular weight excluding hydrogens is 262 g/mol. The third kappa shape index (κ3) is 2.37. The van der Waals surface area contributed by atoms with Gasteiger partial charge in [-0.05, 0) is 24.5 Å². The van der Waals surface area contributed by atoms with Crippen molar-refractivity contribution in [1.29, 1.82) is 0 Å². The second kappa shape index (κ2) is 5.28. The molecule has 1 aromatic carbocycles. The Hall–Kier alpha value is -1.07. The molecule has 94 valence electrons. The Kier molecular flexibility index (Phi) is 3.52. The van der Waals surface area contributed by atoms with Crippen LogP contribution in [0.4, 0.5) is 5.13 Å². The van der Waals surface area contributed by atoms with Crippen molar-refractivity contribution in [3.8, 4) is 0 Å². The zero-order valence-corrected chi connectivity index (χ0v) is 11.9. The SMILES string of the molecule is CCc1nnc(NC2CCSc3ccccc32)s1. The maximum absolute atomic E-state index is 4.20. The van der Waals surface area contributed by atoms with Gasteiger partial charge in [0.1, 0.15) is 5.01 Å². The molecule has 1 aliphatic rings. The summed E-state index contributed by atoms with van der Waals surface area (Å²) in [5.74, 6) is 1.16. The quantitative estimate of drug-likeness (QED) is 0.927. The first-order valence-electron chi connectivity index (χ1n) is 6.17. The van der Waals surface area contributed by atoms with Crippen molar-refractivity contribution in [1.82, 2.24) is 10.2 Å². The number of aryl methyl sites for hydroxylation is 1. The number of rotatable bonds is 3. The number of hydrogen-bond donors (Lipinski definition) is 1. The third-order valence-corrected chi connectivity index (χ3v) is 5.15. The van der Waals surface area contributed by atoms with E-state index >= 15 is 0 Å². The van der Waals surface area contributed by atoms with Crippen molar-refractivity contribution in [3.05, 3.63) is 34.8 Å². The molecule has 0 fully saturated rings. The first-order chi connectivity index (χ1) is 8.86. The summed E-state index contributed by atoms with van der Waals surface area (Å²) in [6.45, 7) is 2.11. The van der Waals surface area contributed by atoms with Gasteiger partial charge in [-0.2, -0.15) is 0 Å². The van der Waals surface area contributed by atoms with Gasteiger partial charge < -0.3 is 5.32 Å². The lowest BCUT2D eigenvalue weighted by molar-refractivity contribution is 0.725. The average Bonchev–Trinajstić information content (AvgIpc) is 2.87. The van der Waals surface area contributed by atoms with Crippen molar-refractivity contribution < 1.29 is 0 Å². The zero-order valence-electron chi connectivity index (χ0n) is 10.2. The van der Waals surface area contributed by atoms with Gasteiger partial charge in [-0.3, -0.25) is 0 Å². The topological polar surface area (TPSA) is 37.8 Å². The van der Waals surface area contributed by atoms with E-state index in [1.165, 1.54) is 10.5 Å². The van der Waals surface area contributed by atoms with Gasteiger partial charge in [-0.1, -0.05) is 36.5 Å². The predicted molar refractivity (Wildman–Crippen MR) is 77.4 cm³/mol. The molecule has 0 aliphatic carbocycles. The van der Waals surface area contributed by atoms with E-state index in [0.717, 1.165) is 28.7 Å². The number of hydrogen-bond acceptors (Lipinski definition) is 5. The van der Waals surface area contributed by atoms with Gasteiger partial charge in [0.15, 0.2) is 0 Å². The minimum Gasteiger partial charge on any atom is -0.353 e. The minimum absolute atomic E-state index is 0.375. The molecule has 1 unspecified atom stereocenters. The van der Waals surface area contributed by atoms with E-state index in [0.29, 0.717) is 6.04 Å². The van der Waals surface area contributed by atoms with Crippen LogP contribution in [0.2, 0.25) is 0 Å². The third-order valence-electron chi connectivity index (χ3n) is 3.03. The molecule has 1 N–H and O–H groups in total. The molecule has 2 aromatic rings. The minimum atomic E-state index is 0.375. The van der Waals surface area contributed by atoms with Crippen LogP contribution in [0.3, 0.4) is 0 Å². The van der Waals surface area contributed by atoms with Crippen molar-refractivity contribution >= 4 is 28.2 Å². The molecule has 0 amide bonds. The fourth-order valence-electron chi connectivity index (χ4n) is 2.10. The molecule has 0 saturated heterocycles. The normalized spacial score (nSPS) is 18.4. The molecular formula is C13H15N3S2. The highest BCUT2D eigenvalue weighted by Gasteiger charge is 2.21. The van der Waals surface area contributed by atoms with Gasteiger partial charge >= 0.3 is 0 Å². The number of benzene rings is 1. The lowest BCUT2D eigenvalue weighted by Gasteiger charge is -2.25. The molecule has 5 heteroatoms. The molecule has 3 rings (SSSR count). The number of aromatic nitrogens is 2. The molecule has 1 atom stereocenters. The standard InChI is InChI=1S/C13H15N3S2/c1-2-12-15-16-13(18-12)14-10-7-8-17-11-6-4-3-5-9(10)11/h3-6,10H,2,7-8H2,1H3,(H,14,16). The van der Waals surface area contributed by atoms with Gasteiger partial charge in [-0.15, -0.1) is 22.0 Å². The van der Waals surface area contributed by atoms with Crippen LogP contribution in [0, 0.1) is 0 Å². The monoisotopic (exact) mass is 277 g/mol. The molecule has 1 aromatic heterocycles. The first kappa shape index (κ1) is 12.0. The summed E-state index contributed by atoms with van der Waals surface area (Å²) in [5, 5.41) is 13.9. The number of anilines is 1. The number of thioether (sulfide) groups is 1. The van der Waals surface area contributed by atoms with Crippen LogP contribution >= 0.6 is 23.1 Å². The molecule has 0 saturated carbocycles. The zero-order chi connectivity index (χ0) is 12.4. The maximum atomic E-state index is 4.20. The van der Waals surface area contributed by atoms with Crippen molar-refractivity contribution in [2.45, 2.75) is 30.7 Å². The summed E-state index contributed by atoms with van der Waals surface area (Å²) < 4.78 is 0. The summed E-state index contributed by atoms with van der Waals surface area (Å²) in [6, 6.07) is 9.00. The van der Waals surface area contributed by atoms with E-state index in [-0.39, 0.29) is 0 Å². The highest BCUT2D eigenvalue weighted by Crippen LogP contribution is 2.37. The highest BCUT2D eigenvalue weighted by atomic mass is 32.2. The van der Waals surface area contributed by atoms with Crippen LogP contribution in [-0.2, 0) is 6.42 Å². The molecule has 3 nitrogen and oxygen atoms in total. The second-order valence-electron chi connectivity index (χ2n) is 4.23. The molecule has 0 spiro atoms. The summed E-state index contributed by atoms with van der Waals surface area (Å²) in [7, 11) is 0. The van der Waals surface area contributed by atoms with E-state index in [1.54, 1.807) is 11.3 Å². The Labute approximate surface area is 115 Å². The molecule has 1 aliphatic heterocycles. The summed E-state index contributed by atoms with van der Waals surface area (Å²) >= 11 is 3.60. The highest BCUT2D eigenvalue weighted by molar-refractivity contribution is 7.99. The summed E-state index contributed by atoms with van der Waals surface area (Å²) in [6.07, 6.45) is 2.10. The van der Waals surface area contributed by atoms with Crippen LogP contribution in [0.1, 0.15) is 30.0 Å². The van der Waals surface area contributed by atoms with E-state index in [1.807, 2.05) is 11.8 Å². The van der Waals surface area contributed by atoms with Crippen LogP contribution in [0.25, 0.3) is 0 Å². The van der Waals surface area contributed by atoms with Crippen molar-refractivity contribution in [2.75, 3.05) is 11.1 Å². The predicted octanol–water partition coefficient (Wildman–Crippen LogP) is 3.75. The van der Waals surface area contributed by atoms with Crippen molar-refractivity contribution in [3.63, 3.8) is 0 Å². The van der Waals surface area contributed by atoms with Gasteiger partial charge in [0.05, 0.1) is 6.04 Å². The van der Waals surface area contributed by atoms with E-state index < -0.39 is 0 Å². The fraction of sp³-hybridized carbons (Fsp3) is 0.385. The average molecular weight is 277 g/mol. The Bertz CT molecular complexity index is 539. The Morgan fingerprint density at radius 1 is 1.33 bits per heavy atom. The Morgan fingerprint density at radius 2 is 2.22 bits per heavy atom. The maximum Gasteiger partial charge on any atom is 0.206 e. The number of nitrogens with zero attached hydrogens (tertiary/aromatic N) is 2. The molecule has 2 heterocycles. The number of fused-ring (bicyclic) bond motifs is 1. The fourth-order valence-corrected chi connectivity index (χ4v) is 3.95. The van der Waals surface area contributed by atoms with Crippen LogP contribution < -0.4 is 5.32 Å². The first-order valence-corrected chi connectivity index (χ1v) is 7.97. The second-order valence-corrected chi connectivity index (χ2v) is 6.43. The van der Waals surface area contributed by atoms with Gasteiger partial charge in [-0.25, -0.2) is 0 Å². The lowest BCUT2D eigenvalue weighted by atomic mass is 10.0. The van der Waals surface area contributed by atoms with E-state index in [9.17, 15) is 0 Å². The van der Waals surface area contributed by atoms with Crippen molar-refractivity contribution in [2.24, 2.45) is 0 Å². The van der Waals surface area contributed by atoms with Gasteiger partial charge in [0.2, 0.25) is 5.13 Å². The molecule has 0 bridgehead atoms. The molecule has 18 heavy (non-hydrogen) atoms. The van der Waals surface area contributed by atoms with Crippen LogP contribution in [0.15, 0.2) is 29.2 Å². The largest absolute Gasteiger partial charge is 0.353 e. The van der Waals surface area contributed by atoms with E-state index in [2.05, 4.69) is 46.7 Å². The summed E-state index contributed by atoms with van der Waals surface area (Å²) in [5.41, 5.74) is 1.39. The van der Waals surface area contributed by atoms with Gasteiger partial charge in [0.25, 0.3) is 0 Å². The Balaban J connectivity index is 1.81.